The summed E-state index contributed by atoms with van der Waals surface area (Å²) in [5, 5.41) is 9.89. The zero-order valence-electron chi connectivity index (χ0n) is 15.3. The Balaban J connectivity index is 1.70. The molecule has 1 saturated heterocycles. The van der Waals surface area contributed by atoms with E-state index in [-0.39, 0.29) is 23.8 Å². The lowest BCUT2D eigenvalue weighted by atomic mass is 10.0. The molecule has 8 heteroatoms. The van der Waals surface area contributed by atoms with Crippen molar-refractivity contribution in [2.24, 2.45) is 13.0 Å². The number of hydrogen-bond acceptors (Lipinski definition) is 5. The zero-order valence-corrected chi connectivity index (χ0v) is 15.3. The van der Waals surface area contributed by atoms with E-state index in [4.69, 9.17) is 0 Å². The molecule has 138 valence electrons. The van der Waals surface area contributed by atoms with Gasteiger partial charge in [0.2, 0.25) is 5.91 Å². The first kappa shape index (κ1) is 18.1. The van der Waals surface area contributed by atoms with Crippen LogP contribution in [0.15, 0.2) is 30.6 Å². The Morgan fingerprint density at radius 3 is 2.77 bits per heavy atom. The van der Waals surface area contributed by atoms with E-state index < -0.39 is 0 Å². The number of carbonyl (C=O) groups is 2. The van der Waals surface area contributed by atoms with Gasteiger partial charge in [-0.25, -0.2) is 0 Å². The molecule has 2 amide bonds. The fraction of sp³-hybridized carbons (Fsp3) is 0.444. The van der Waals surface area contributed by atoms with Crippen molar-refractivity contribution >= 4 is 11.8 Å². The van der Waals surface area contributed by atoms with Crippen LogP contribution in [0.5, 0.6) is 0 Å². The molecule has 0 spiro atoms. The van der Waals surface area contributed by atoms with Gasteiger partial charge in [0.15, 0.2) is 0 Å². The van der Waals surface area contributed by atoms with Gasteiger partial charge < -0.3 is 10.6 Å². The maximum absolute atomic E-state index is 12.5. The molecule has 8 nitrogen and oxygen atoms in total. The van der Waals surface area contributed by atoms with Crippen LogP contribution in [0.1, 0.15) is 21.7 Å². The van der Waals surface area contributed by atoms with Crippen molar-refractivity contribution in [2.45, 2.75) is 19.5 Å². The second kappa shape index (κ2) is 7.65. The topological polar surface area (TPSA) is 92.2 Å². The Bertz CT molecular complexity index is 769. The molecule has 0 unspecified atom stereocenters. The molecule has 0 saturated carbocycles. The van der Waals surface area contributed by atoms with Crippen LogP contribution in [0.3, 0.4) is 0 Å². The first-order chi connectivity index (χ1) is 12.5. The van der Waals surface area contributed by atoms with E-state index in [9.17, 15) is 9.59 Å². The predicted molar refractivity (Wildman–Crippen MR) is 96.3 cm³/mol. The fourth-order valence-corrected chi connectivity index (χ4v) is 3.28. The molecule has 0 aliphatic carbocycles. The highest BCUT2D eigenvalue weighted by atomic mass is 16.2. The summed E-state index contributed by atoms with van der Waals surface area (Å²) in [6.45, 7) is 3.77. The van der Waals surface area contributed by atoms with Crippen LogP contribution in [0.25, 0.3) is 0 Å². The molecule has 0 aromatic carbocycles. The third-order valence-electron chi connectivity index (χ3n) is 4.77. The largest absolute Gasteiger partial charge is 0.359 e. The van der Waals surface area contributed by atoms with Crippen LogP contribution in [-0.2, 0) is 18.4 Å². The van der Waals surface area contributed by atoms with Gasteiger partial charge in [0, 0.05) is 51.8 Å². The number of carbonyl (C=O) groups excluding carboxylic acids is 2. The van der Waals surface area contributed by atoms with Crippen LogP contribution in [0.2, 0.25) is 0 Å². The summed E-state index contributed by atoms with van der Waals surface area (Å²) < 4.78 is 1.66. The molecule has 2 atom stereocenters. The summed E-state index contributed by atoms with van der Waals surface area (Å²) in [6.07, 6.45) is 3.55. The van der Waals surface area contributed by atoms with Gasteiger partial charge >= 0.3 is 0 Å². The van der Waals surface area contributed by atoms with E-state index in [0.717, 1.165) is 11.3 Å². The Morgan fingerprint density at radius 1 is 1.35 bits per heavy atom. The summed E-state index contributed by atoms with van der Waals surface area (Å²) in [4.78, 5) is 31.1. The Hall–Kier alpha value is -2.74. The van der Waals surface area contributed by atoms with E-state index >= 15 is 0 Å². The molecule has 3 rings (SSSR count). The first-order valence-electron chi connectivity index (χ1n) is 8.62. The summed E-state index contributed by atoms with van der Waals surface area (Å²) in [5.41, 5.74) is 2.35. The average Bonchev–Trinajstić information content (AvgIpc) is 3.18. The van der Waals surface area contributed by atoms with Crippen molar-refractivity contribution in [3.63, 3.8) is 0 Å². The Labute approximate surface area is 152 Å². The van der Waals surface area contributed by atoms with Gasteiger partial charge in [-0.2, -0.15) is 5.10 Å². The third kappa shape index (κ3) is 3.91. The highest BCUT2D eigenvalue weighted by Crippen LogP contribution is 2.20. The minimum Gasteiger partial charge on any atom is -0.359 e. The Kier molecular flexibility index (Phi) is 5.32. The molecule has 26 heavy (non-hydrogen) atoms. The van der Waals surface area contributed by atoms with Gasteiger partial charge in [-0.05, 0) is 24.6 Å². The van der Waals surface area contributed by atoms with Crippen molar-refractivity contribution in [3.05, 3.63) is 47.5 Å². The zero-order chi connectivity index (χ0) is 18.7. The molecule has 2 aromatic rings. The summed E-state index contributed by atoms with van der Waals surface area (Å²) in [7, 11) is 3.41. The van der Waals surface area contributed by atoms with E-state index in [0.29, 0.717) is 25.3 Å². The number of aromatic nitrogens is 3. The number of rotatable bonds is 5. The van der Waals surface area contributed by atoms with Crippen LogP contribution in [-0.4, -0.2) is 57.7 Å². The van der Waals surface area contributed by atoms with E-state index in [1.165, 1.54) is 0 Å². The van der Waals surface area contributed by atoms with Crippen LogP contribution < -0.4 is 10.6 Å². The second-order valence-electron chi connectivity index (χ2n) is 6.65. The average molecular weight is 356 g/mol. The van der Waals surface area contributed by atoms with E-state index in [1.54, 1.807) is 31.0 Å². The quantitative estimate of drug-likeness (QED) is 0.793. The molecule has 2 aromatic heterocycles. The molecular formula is C18H24N6O2. The monoisotopic (exact) mass is 356 g/mol. The number of nitrogens with one attached hydrogen (secondary N) is 2. The molecule has 2 N–H and O–H groups in total. The highest BCUT2D eigenvalue weighted by Gasteiger charge is 2.38. The maximum atomic E-state index is 12.5. The van der Waals surface area contributed by atoms with Crippen molar-refractivity contribution in [1.82, 2.24) is 30.3 Å². The fourth-order valence-electron chi connectivity index (χ4n) is 3.28. The Morgan fingerprint density at radius 2 is 2.15 bits per heavy atom. The normalized spacial score (nSPS) is 20.1. The summed E-state index contributed by atoms with van der Waals surface area (Å²) in [6, 6.07) is 5.38. The molecule has 3 heterocycles. The summed E-state index contributed by atoms with van der Waals surface area (Å²) in [5.74, 6) is -0.623. The SMILES string of the molecule is CNC(=O)[C@H]1CN(Cc2cccnc2)C[C@@H]1NC(=O)c1cc(C)n(C)n1. The van der Waals surface area contributed by atoms with Gasteiger partial charge in [-0.1, -0.05) is 6.07 Å². The second-order valence-corrected chi connectivity index (χ2v) is 6.65. The first-order valence-corrected chi connectivity index (χ1v) is 8.62. The molecule has 1 aliphatic rings. The van der Waals surface area contributed by atoms with Crippen molar-refractivity contribution in [1.29, 1.82) is 0 Å². The van der Waals surface area contributed by atoms with Crippen molar-refractivity contribution < 1.29 is 9.59 Å². The number of hydrogen-bond donors (Lipinski definition) is 2. The van der Waals surface area contributed by atoms with Crippen LogP contribution in [0.4, 0.5) is 0 Å². The number of nitrogens with zero attached hydrogens (tertiary/aromatic N) is 4. The van der Waals surface area contributed by atoms with Gasteiger partial charge in [-0.15, -0.1) is 0 Å². The number of aryl methyl sites for hydroxylation is 2. The molecule has 0 bridgehead atoms. The lowest BCUT2D eigenvalue weighted by Gasteiger charge is -2.18. The number of amides is 2. The van der Waals surface area contributed by atoms with Crippen LogP contribution >= 0.6 is 0 Å². The molecular weight excluding hydrogens is 332 g/mol. The smallest absolute Gasteiger partial charge is 0.272 e. The van der Waals surface area contributed by atoms with Crippen molar-refractivity contribution in [3.8, 4) is 0 Å². The molecule has 1 fully saturated rings. The minimum absolute atomic E-state index is 0.0683. The lowest BCUT2D eigenvalue weighted by molar-refractivity contribution is -0.124. The highest BCUT2D eigenvalue weighted by molar-refractivity contribution is 5.93. The van der Waals surface area contributed by atoms with Gasteiger partial charge in [-0.3, -0.25) is 24.2 Å². The molecule has 0 radical (unpaired) electrons. The maximum Gasteiger partial charge on any atom is 0.272 e. The molecule has 1 aliphatic heterocycles. The summed E-state index contributed by atoms with van der Waals surface area (Å²) >= 11 is 0. The van der Waals surface area contributed by atoms with E-state index in [1.807, 2.05) is 25.3 Å². The van der Waals surface area contributed by atoms with Gasteiger partial charge in [0.1, 0.15) is 5.69 Å². The lowest BCUT2D eigenvalue weighted by Crippen LogP contribution is -2.45. The van der Waals surface area contributed by atoms with E-state index in [2.05, 4.69) is 25.6 Å². The van der Waals surface area contributed by atoms with Gasteiger partial charge in [0.25, 0.3) is 5.91 Å². The number of likely N-dealkylation sites (tertiary alicyclic amines) is 1. The number of pyridine rings is 1. The third-order valence-corrected chi connectivity index (χ3v) is 4.77. The minimum atomic E-state index is -0.301. The predicted octanol–water partition coefficient (Wildman–Crippen LogP) is 0.0999. The standard InChI is InChI=1S/C18H24N6O2/c1-12-7-15(22-23(12)3)18(26)21-16-11-24(10-14(16)17(25)19-2)9-13-5-4-6-20-8-13/h4-8,14,16H,9-11H2,1-3H3,(H,19,25)(H,21,26)/t14-,16-/m0/s1. The van der Waals surface area contributed by atoms with Crippen LogP contribution in [0, 0.1) is 12.8 Å². The van der Waals surface area contributed by atoms with Gasteiger partial charge in [0.05, 0.1) is 12.0 Å². The van der Waals surface area contributed by atoms with Crippen molar-refractivity contribution in [2.75, 3.05) is 20.1 Å².